The van der Waals surface area contributed by atoms with Gasteiger partial charge in [0, 0.05) is 25.1 Å². The number of carboxylic acid groups (broad SMARTS) is 1. The molecule has 0 amide bonds. The number of rotatable bonds is 4. The van der Waals surface area contributed by atoms with Gasteiger partial charge in [-0.2, -0.15) is 0 Å². The van der Waals surface area contributed by atoms with Crippen LogP contribution < -0.4 is 4.74 Å². The van der Waals surface area contributed by atoms with E-state index in [-0.39, 0.29) is 25.3 Å². The van der Waals surface area contributed by atoms with Crippen LogP contribution in [0.5, 0.6) is 5.75 Å². The number of carbonyl (C=O) groups is 1. The van der Waals surface area contributed by atoms with Crippen molar-refractivity contribution in [3.8, 4) is 5.75 Å². The van der Waals surface area contributed by atoms with E-state index in [1.54, 1.807) is 17.0 Å². The van der Waals surface area contributed by atoms with E-state index < -0.39 is 23.9 Å². The van der Waals surface area contributed by atoms with Gasteiger partial charge in [0.15, 0.2) is 11.6 Å². The van der Waals surface area contributed by atoms with Crippen molar-refractivity contribution in [1.29, 1.82) is 0 Å². The van der Waals surface area contributed by atoms with Crippen molar-refractivity contribution in [2.45, 2.75) is 25.1 Å². The molecule has 1 fully saturated rings. The molecule has 104 valence electrons. The first-order chi connectivity index (χ1) is 9.02. The Labute approximate surface area is 110 Å². The van der Waals surface area contributed by atoms with Crippen molar-refractivity contribution in [3.63, 3.8) is 0 Å². The molecule has 6 heteroatoms. The topological polar surface area (TPSA) is 70.0 Å². The summed E-state index contributed by atoms with van der Waals surface area (Å²) in [7, 11) is 1.38. The van der Waals surface area contributed by atoms with Crippen molar-refractivity contribution in [3.05, 3.63) is 29.6 Å². The van der Waals surface area contributed by atoms with E-state index >= 15 is 0 Å². The molecule has 1 saturated heterocycles. The van der Waals surface area contributed by atoms with E-state index in [9.17, 15) is 14.3 Å². The Morgan fingerprint density at radius 2 is 2.32 bits per heavy atom. The average molecular weight is 269 g/mol. The molecule has 5 nitrogen and oxygen atoms in total. The van der Waals surface area contributed by atoms with Crippen LogP contribution in [0.4, 0.5) is 4.39 Å². The van der Waals surface area contributed by atoms with Crippen LogP contribution >= 0.6 is 0 Å². The van der Waals surface area contributed by atoms with Gasteiger partial charge < -0.3 is 14.9 Å². The van der Waals surface area contributed by atoms with E-state index in [0.29, 0.717) is 5.56 Å². The first kappa shape index (κ1) is 13.8. The Kier molecular flexibility index (Phi) is 4.01. The number of hydrogen-bond donors (Lipinski definition) is 2. The molecule has 2 N–H and O–H groups in total. The highest BCUT2D eigenvalue weighted by Gasteiger charge is 2.36. The molecule has 1 aromatic carbocycles. The SMILES string of the molecule is COc1cccc(CN2CC(O)CC2C(=O)O)c1F. The summed E-state index contributed by atoms with van der Waals surface area (Å²) in [6.45, 7) is 0.366. The zero-order valence-corrected chi connectivity index (χ0v) is 10.5. The predicted molar refractivity (Wildman–Crippen MR) is 65.4 cm³/mol. The van der Waals surface area contributed by atoms with E-state index in [1.165, 1.54) is 13.2 Å². The van der Waals surface area contributed by atoms with Crippen molar-refractivity contribution >= 4 is 5.97 Å². The standard InChI is InChI=1S/C13H16FNO4/c1-19-11-4-2-3-8(12(11)14)6-15-7-9(16)5-10(15)13(17)18/h2-4,9-10,16H,5-7H2,1H3,(H,17,18). The number of benzene rings is 1. The molecule has 1 aromatic rings. The van der Waals surface area contributed by atoms with Gasteiger partial charge in [0.25, 0.3) is 0 Å². The molecule has 1 heterocycles. The highest BCUT2D eigenvalue weighted by molar-refractivity contribution is 5.74. The molecule has 0 radical (unpaired) electrons. The van der Waals surface area contributed by atoms with Crippen LogP contribution in [0.2, 0.25) is 0 Å². The summed E-state index contributed by atoms with van der Waals surface area (Å²) in [6.07, 6.45) is -0.518. The van der Waals surface area contributed by atoms with Crippen molar-refractivity contribution < 1.29 is 24.1 Å². The van der Waals surface area contributed by atoms with Gasteiger partial charge in [0.2, 0.25) is 0 Å². The predicted octanol–water partition coefficient (Wildman–Crippen LogP) is 0.854. The van der Waals surface area contributed by atoms with Crippen LogP contribution in [0.15, 0.2) is 18.2 Å². The first-order valence-corrected chi connectivity index (χ1v) is 5.99. The molecule has 2 unspecified atom stereocenters. The smallest absolute Gasteiger partial charge is 0.321 e. The summed E-state index contributed by atoms with van der Waals surface area (Å²) in [5.41, 5.74) is 0.361. The van der Waals surface area contributed by atoms with Crippen molar-refractivity contribution in [1.82, 2.24) is 4.90 Å². The fraction of sp³-hybridized carbons (Fsp3) is 0.462. The lowest BCUT2D eigenvalue weighted by Gasteiger charge is -2.21. The Morgan fingerprint density at radius 1 is 1.58 bits per heavy atom. The molecule has 1 aliphatic heterocycles. The Bertz CT molecular complexity index is 480. The summed E-state index contributed by atoms with van der Waals surface area (Å²) in [5.74, 6) is -1.36. The van der Waals surface area contributed by atoms with Crippen LogP contribution in [0, 0.1) is 5.82 Å². The summed E-state index contributed by atoms with van der Waals surface area (Å²) < 4.78 is 18.9. The molecule has 2 atom stereocenters. The Balaban J connectivity index is 2.18. The molecule has 19 heavy (non-hydrogen) atoms. The second kappa shape index (κ2) is 5.54. The average Bonchev–Trinajstić information content (AvgIpc) is 2.73. The number of aliphatic hydroxyl groups excluding tert-OH is 1. The lowest BCUT2D eigenvalue weighted by molar-refractivity contribution is -0.142. The van der Waals surface area contributed by atoms with Crippen molar-refractivity contribution in [2.75, 3.05) is 13.7 Å². The molecule has 0 aliphatic carbocycles. The van der Waals surface area contributed by atoms with Gasteiger partial charge in [-0.15, -0.1) is 0 Å². The normalized spacial score (nSPS) is 23.5. The number of hydrogen-bond acceptors (Lipinski definition) is 4. The quantitative estimate of drug-likeness (QED) is 0.848. The zero-order chi connectivity index (χ0) is 14.0. The van der Waals surface area contributed by atoms with Crippen molar-refractivity contribution in [2.24, 2.45) is 0 Å². The third kappa shape index (κ3) is 2.85. The van der Waals surface area contributed by atoms with Crippen LogP contribution in [0.1, 0.15) is 12.0 Å². The van der Waals surface area contributed by atoms with Gasteiger partial charge in [-0.3, -0.25) is 9.69 Å². The minimum Gasteiger partial charge on any atom is -0.494 e. The minimum atomic E-state index is -1.00. The number of ether oxygens (including phenoxy) is 1. The zero-order valence-electron chi connectivity index (χ0n) is 10.5. The third-order valence-corrected chi connectivity index (χ3v) is 3.30. The van der Waals surface area contributed by atoms with Gasteiger partial charge in [-0.1, -0.05) is 12.1 Å². The molecule has 0 aromatic heterocycles. The summed E-state index contributed by atoms with van der Waals surface area (Å²) in [6, 6.07) is 3.97. The third-order valence-electron chi connectivity index (χ3n) is 3.30. The second-order valence-electron chi connectivity index (χ2n) is 4.61. The number of methoxy groups -OCH3 is 1. The fourth-order valence-electron chi connectivity index (χ4n) is 2.37. The number of aliphatic hydroxyl groups is 1. The first-order valence-electron chi connectivity index (χ1n) is 5.99. The molecule has 1 aliphatic rings. The lowest BCUT2D eigenvalue weighted by Crippen LogP contribution is -2.35. The molecule has 0 spiro atoms. The monoisotopic (exact) mass is 269 g/mol. The number of nitrogens with zero attached hydrogens (tertiary/aromatic N) is 1. The maximum absolute atomic E-state index is 14.0. The van der Waals surface area contributed by atoms with E-state index in [0.717, 1.165) is 0 Å². The van der Waals surface area contributed by atoms with E-state index in [4.69, 9.17) is 9.84 Å². The van der Waals surface area contributed by atoms with Gasteiger partial charge in [-0.25, -0.2) is 4.39 Å². The molecular weight excluding hydrogens is 253 g/mol. The van der Waals surface area contributed by atoms with Crippen LogP contribution in [0.3, 0.4) is 0 Å². The highest BCUT2D eigenvalue weighted by Crippen LogP contribution is 2.25. The largest absolute Gasteiger partial charge is 0.494 e. The molecule has 0 bridgehead atoms. The molecule has 0 saturated carbocycles. The Hall–Kier alpha value is -1.66. The maximum Gasteiger partial charge on any atom is 0.321 e. The minimum absolute atomic E-state index is 0.129. The number of carboxylic acids is 1. The summed E-state index contributed by atoms with van der Waals surface area (Å²) >= 11 is 0. The second-order valence-corrected chi connectivity index (χ2v) is 4.61. The highest BCUT2D eigenvalue weighted by atomic mass is 19.1. The molecule has 2 rings (SSSR count). The van der Waals surface area contributed by atoms with Gasteiger partial charge >= 0.3 is 5.97 Å². The summed E-state index contributed by atoms with van der Waals surface area (Å²) in [5, 5.41) is 18.6. The summed E-state index contributed by atoms with van der Waals surface area (Å²) in [4.78, 5) is 12.6. The molecular formula is C13H16FNO4. The number of β-amino-alcohol motifs (C(OH)–C–C–N with tert-alkyl or cyclic N) is 1. The van der Waals surface area contributed by atoms with Crippen LogP contribution in [-0.4, -0.2) is 46.9 Å². The number of likely N-dealkylation sites (tertiary alicyclic amines) is 1. The Morgan fingerprint density at radius 3 is 2.95 bits per heavy atom. The number of aliphatic carboxylic acids is 1. The maximum atomic E-state index is 14.0. The number of halogens is 1. The van der Waals surface area contributed by atoms with Gasteiger partial charge in [0.1, 0.15) is 6.04 Å². The van der Waals surface area contributed by atoms with Gasteiger partial charge in [-0.05, 0) is 6.07 Å². The lowest BCUT2D eigenvalue weighted by atomic mass is 10.1. The fourth-order valence-corrected chi connectivity index (χ4v) is 2.37. The van der Waals surface area contributed by atoms with Crippen LogP contribution in [0.25, 0.3) is 0 Å². The van der Waals surface area contributed by atoms with E-state index in [2.05, 4.69) is 0 Å². The van der Waals surface area contributed by atoms with E-state index in [1.807, 2.05) is 0 Å². The van der Waals surface area contributed by atoms with Gasteiger partial charge in [0.05, 0.1) is 13.2 Å². The van der Waals surface area contributed by atoms with Crippen LogP contribution in [-0.2, 0) is 11.3 Å².